The summed E-state index contributed by atoms with van der Waals surface area (Å²) >= 11 is 6.38. The van der Waals surface area contributed by atoms with E-state index < -0.39 is 9.84 Å². The Morgan fingerprint density at radius 3 is 2.83 bits per heavy atom. The summed E-state index contributed by atoms with van der Waals surface area (Å²) in [7, 11) is -2.95. The Morgan fingerprint density at radius 1 is 1.61 bits per heavy atom. The van der Waals surface area contributed by atoms with Gasteiger partial charge in [0.25, 0.3) is 0 Å². The third-order valence-corrected chi connectivity index (χ3v) is 5.95. The SMILES string of the molecule is Cc1[nH]c(=S)sc1CC(=O)N[C@H]1CCS(=O)(=O)C1. The van der Waals surface area contributed by atoms with E-state index in [2.05, 4.69) is 10.3 Å². The smallest absolute Gasteiger partial charge is 0.225 e. The van der Waals surface area contributed by atoms with Crippen LogP contribution in [-0.4, -0.2) is 36.9 Å². The number of thiazole rings is 1. The van der Waals surface area contributed by atoms with Crippen molar-refractivity contribution in [1.29, 1.82) is 0 Å². The topological polar surface area (TPSA) is 79.0 Å². The van der Waals surface area contributed by atoms with Gasteiger partial charge < -0.3 is 10.3 Å². The summed E-state index contributed by atoms with van der Waals surface area (Å²) in [5.74, 6) is 0.0751. The molecule has 0 unspecified atom stereocenters. The van der Waals surface area contributed by atoms with Gasteiger partial charge >= 0.3 is 0 Å². The molecule has 0 saturated carbocycles. The molecule has 1 aromatic heterocycles. The summed E-state index contributed by atoms with van der Waals surface area (Å²) in [6.07, 6.45) is 0.760. The molecule has 1 aromatic rings. The number of carbonyl (C=O) groups excluding carboxylic acids is 1. The summed E-state index contributed by atoms with van der Waals surface area (Å²) in [4.78, 5) is 15.7. The highest BCUT2D eigenvalue weighted by Gasteiger charge is 2.28. The monoisotopic (exact) mass is 306 g/mol. The molecule has 5 nitrogen and oxygen atoms in total. The lowest BCUT2D eigenvalue weighted by Crippen LogP contribution is -2.36. The molecular weight excluding hydrogens is 292 g/mol. The van der Waals surface area contributed by atoms with Crippen molar-refractivity contribution in [2.45, 2.75) is 25.8 Å². The fraction of sp³-hybridized carbons (Fsp3) is 0.600. The molecule has 2 N–H and O–H groups in total. The molecule has 8 heteroatoms. The number of nitrogens with one attached hydrogen (secondary N) is 2. The standard InChI is InChI=1S/C10H14N2O3S3/c1-6-8(17-10(16)11-6)4-9(13)12-7-2-3-18(14,15)5-7/h7H,2-5H2,1H3,(H,11,16)(H,12,13)/t7-/m0/s1. The molecule has 100 valence electrons. The highest BCUT2D eigenvalue weighted by Crippen LogP contribution is 2.16. The lowest BCUT2D eigenvalue weighted by Gasteiger charge is -2.10. The van der Waals surface area contributed by atoms with Gasteiger partial charge in [0.05, 0.1) is 17.9 Å². The molecule has 0 aliphatic carbocycles. The second-order valence-electron chi connectivity index (χ2n) is 4.41. The number of amides is 1. The van der Waals surface area contributed by atoms with Crippen LogP contribution in [0.15, 0.2) is 0 Å². The molecule has 1 aliphatic rings. The molecule has 0 bridgehead atoms. The number of sulfone groups is 1. The van der Waals surface area contributed by atoms with Crippen LogP contribution in [0, 0.1) is 10.9 Å². The van der Waals surface area contributed by atoms with Crippen LogP contribution in [0.3, 0.4) is 0 Å². The number of aromatic amines is 1. The van der Waals surface area contributed by atoms with Crippen molar-refractivity contribution in [3.8, 4) is 0 Å². The predicted molar refractivity (Wildman–Crippen MR) is 73.1 cm³/mol. The van der Waals surface area contributed by atoms with Gasteiger partial charge in [0.15, 0.2) is 13.8 Å². The van der Waals surface area contributed by atoms with Crippen molar-refractivity contribution in [2.24, 2.45) is 0 Å². The fourth-order valence-electron chi connectivity index (χ4n) is 1.94. The molecule has 2 heterocycles. The molecule has 1 fully saturated rings. The summed E-state index contributed by atoms with van der Waals surface area (Å²) < 4.78 is 23.2. The summed E-state index contributed by atoms with van der Waals surface area (Å²) in [6, 6.07) is -0.241. The maximum atomic E-state index is 11.8. The van der Waals surface area contributed by atoms with Crippen LogP contribution in [0.4, 0.5) is 0 Å². The van der Waals surface area contributed by atoms with Crippen LogP contribution in [0.2, 0.25) is 0 Å². The van der Waals surface area contributed by atoms with Gasteiger partial charge in [-0.25, -0.2) is 8.42 Å². The molecule has 0 radical (unpaired) electrons. The molecule has 1 saturated heterocycles. The van der Waals surface area contributed by atoms with Gasteiger partial charge in [-0.2, -0.15) is 0 Å². The van der Waals surface area contributed by atoms with Gasteiger partial charge in [0.2, 0.25) is 5.91 Å². The van der Waals surface area contributed by atoms with Crippen LogP contribution in [-0.2, 0) is 21.1 Å². The Bertz CT molecular complexity index is 615. The van der Waals surface area contributed by atoms with Gasteiger partial charge in [0, 0.05) is 16.6 Å². The second-order valence-corrected chi connectivity index (χ2v) is 8.41. The Balaban J connectivity index is 1.94. The first-order valence-electron chi connectivity index (χ1n) is 5.54. The van der Waals surface area contributed by atoms with Crippen molar-refractivity contribution >= 4 is 39.3 Å². The molecule has 1 aliphatic heterocycles. The average molecular weight is 306 g/mol. The Morgan fingerprint density at radius 2 is 2.33 bits per heavy atom. The molecule has 2 rings (SSSR count). The lowest BCUT2D eigenvalue weighted by atomic mass is 10.2. The van der Waals surface area contributed by atoms with Crippen molar-refractivity contribution in [1.82, 2.24) is 10.3 Å². The van der Waals surface area contributed by atoms with Crippen LogP contribution >= 0.6 is 23.6 Å². The van der Waals surface area contributed by atoms with E-state index in [9.17, 15) is 13.2 Å². The van der Waals surface area contributed by atoms with Crippen molar-refractivity contribution < 1.29 is 13.2 Å². The number of H-pyrrole nitrogens is 1. The van der Waals surface area contributed by atoms with Gasteiger partial charge in [-0.15, -0.1) is 11.3 Å². The van der Waals surface area contributed by atoms with Crippen LogP contribution in [0.5, 0.6) is 0 Å². The number of hydrogen-bond donors (Lipinski definition) is 2. The van der Waals surface area contributed by atoms with E-state index in [1.165, 1.54) is 11.3 Å². The first-order valence-corrected chi connectivity index (χ1v) is 8.59. The Labute approximate surface area is 115 Å². The largest absolute Gasteiger partial charge is 0.352 e. The van der Waals surface area contributed by atoms with E-state index in [0.29, 0.717) is 10.4 Å². The molecule has 1 atom stereocenters. The average Bonchev–Trinajstić information content (AvgIpc) is 2.70. The Hall–Kier alpha value is -0.730. The molecule has 1 amide bonds. The maximum absolute atomic E-state index is 11.8. The number of aromatic nitrogens is 1. The third-order valence-electron chi connectivity index (χ3n) is 2.84. The van der Waals surface area contributed by atoms with E-state index in [1.54, 1.807) is 0 Å². The van der Waals surface area contributed by atoms with Gasteiger partial charge in [0.1, 0.15) is 0 Å². The van der Waals surface area contributed by atoms with E-state index >= 15 is 0 Å². The predicted octanol–water partition coefficient (Wildman–Crippen LogP) is 0.960. The van der Waals surface area contributed by atoms with Crippen molar-refractivity contribution in [3.63, 3.8) is 0 Å². The van der Waals surface area contributed by atoms with Crippen LogP contribution in [0.1, 0.15) is 17.0 Å². The normalized spacial score (nSPS) is 21.9. The fourth-order valence-corrected chi connectivity index (χ4v) is 4.90. The molecule has 0 aromatic carbocycles. The molecule has 18 heavy (non-hydrogen) atoms. The van der Waals surface area contributed by atoms with Crippen molar-refractivity contribution in [2.75, 3.05) is 11.5 Å². The highest BCUT2D eigenvalue weighted by molar-refractivity contribution is 7.91. The zero-order chi connectivity index (χ0) is 13.3. The van der Waals surface area contributed by atoms with E-state index in [-0.39, 0.29) is 29.9 Å². The van der Waals surface area contributed by atoms with Gasteiger partial charge in [-0.1, -0.05) is 0 Å². The minimum Gasteiger partial charge on any atom is -0.352 e. The zero-order valence-electron chi connectivity index (χ0n) is 9.86. The summed E-state index contributed by atoms with van der Waals surface area (Å²) in [5, 5.41) is 2.76. The summed E-state index contributed by atoms with van der Waals surface area (Å²) in [6.45, 7) is 1.87. The van der Waals surface area contributed by atoms with Crippen LogP contribution < -0.4 is 5.32 Å². The first-order chi connectivity index (χ1) is 8.35. The second kappa shape index (κ2) is 5.10. The van der Waals surface area contributed by atoms with Crippen LogP contribution in [0.25, 0.3) is 0 Å². The van der Waals surface area contributed by atoms with E-state index in [0.717, 1.165) is 10.6 Å². The highest BCUT2D eigenvalue weighted by atomic mass is 32.2. The van der Waals surface area contributed by atoms with Crippen molar-refractivity contribution in [3.05, 3.63) is 14.5 Å². The zero-order valence-corrected chi connectivity index (χ0v) is 12.3. The maximum Gasteiger partial charge on any atom is 0.225 e. The third kappa shape index (κ3) is 3.39. The summed E-state index contributed by atoms with van der Waals surface area (Å²) in [5.41, 5.74) is 0.902. The minimum atomic E-state index is -2.95. The molecule has 0 spiro atoms. The van der Waals surface area contributed by atoms with Gasteiger partial charge in [-0.3, -0.25) is 4.79 Å². The number of hydrogen-bond acceptors (Lipinski definition) is 5. The Kier molecular flexibility index (Phi) is 3.88. The lowest BCUT2D eigenvalue weighted by molar-refractivity contribution is -0.120. The number of rotatable bonds is 3. The van der Waals surface area contributed by atoms with E-state index in [4.69, 9.17) is 12.2 Å². The van der Waals surface area contributed by atoms with E-state index in [1.807, 2.05) is 6.92 Å². The molecular formula is C10H14N2O3S3. The number of carbonyl (C=O) groups is 1. The first kappa shape index (κ1) is 13.7. The quantitative estimate of drug-likeness (QED) is 0.815. The minimum absolute atomic E-state index is 0.0561. The number of aryl methyl sites for hydroxylation is 1. The van der Waals surface area contributed by atoms with Gasteiger partial charge in [-0.05, 0) is 25.6 Å².